The Morgan fingerprint density at radius 2 is 1.85 bits per heavy atom. The van der Waals surface area contributed by atoms with Gasteiger partial charge in [-0.05, 0) is 99.5 Å². The van der Waals surface area contributed by atoms with E-state index in [-0.39, 0.29) is 19.4 Å². The average Bonchev–Trinajstić information content (AvgIpc) is 2.94. The molecule has 2 N–H and O–H groups in total. The number of carboxylic acid groups (broad SMARTS) is 1. The maximum Gasteiger partial charge on any atom is 0.303 e. The van der Waals surface area contributed by atoms with E-state index in [0.717, 1.165) is 12.1 Å². The first-order chi connectivity index (χ1) is 19.1. The molecule has 3 aromatic rings. The molecule has 10 heteroatoms. The number of piperidine rings is 1. The molecule has 0 spiro atoms. The van der Waals surface area contributed by atoms with Crippen LogP contribution in [0.2, 0.25) is 0 Å². The molecule has 2 heterocycles. The molecule has 6 nitrogen and oxygen atoms in total. The number of aromatic nitrogens is 1. The summed E-state index contributed by atoms with van der Waals surface area (Å²) >= 11 is 0. The van der Waals surface area contributed by atoms with Crippen LogP contribution in [0.3, 0.4) is 0 Å². The van der Waals surface area contributed by atoms with Crippen LogP contribution in [-0.2, 0) is 17.8 Å². The third-order valence-corrected chi connectivity index (χ3v) is 8.04. The van der Waals surface area contributed by atoms with Crippen molar-refractivity contribution >= 4 is 16.9 Å². The smallest absolute Gasteiger partial charge is 0.303 e. The third-order valence-electron chi connectivity index (χ3n) is 8.04. The number of nitrogens with zero attached hydrogens (tertiary/aromatic N) is 2. The summed E-state index contributed by atoms with van der Waals surface area (Å²) in [6, 6.07) is 7.17. The number of benzene rings is 2. The number of alkyl halides is 1. The maximum absolute atomic E-state index is 15.9. The predicted octanol–water partition coefficient (Wildman–Crippen LogP) is 6.13. The van der Waals surface area contributed by atoms with Gasteiger partial charge in [-0.1, -0.05) is 0 Å². The third kappa shape index (κ3) is 6.90. The fourth-order valence-electron chi connectivity index (χ4n) is 5.78. The van der Waals surface area contributed by atoms with E-state index >= 15 is 4.39 Å². The van der Waals surface area contributed by atoms with Gasteiger partial charge in [0.1, 0.15) is 11.9 Å². The van der Waals surface area contributed by atoms with Crippen LogP contribution in [0.25, 0.3) is 10.9 Å². The minimum Gasteiger partial charge on any atom is -0.497 e. The number of methoxy groups -OCH3 is 1. The number of pyridine rings is 1. The standard InChI is InChI=1S/C30H34F4N2O4/c1-40-21-4-5-26-22(15-21)28(20(18-37)17-35-26)23(31)6-7-30(16-27(38)39)8-11-36(12-9-30)10-2-3-19-13-24(32)29(34)25(33)14-19/h4-5,13-15,17,23,37H,2-3,6-12,16,18H2,1H3,(H,38,39)/t23-/m0/s1. The second-order valence-electron chi connectivity index (χ2n) is 10.6. The van der Waals surface area contributed by atoms with Crippen molar-refractivity contribution in [2.24, 2.45) is 5.41 Å². The molecule has 40 heavy (non-hydrogen) atoms. The molecule has 1 aliphatic heterocycles. The number of rotatable bonds is 12. The summed E-state index contributed by atoms with van der Waals surface area (Å²) in [5.74, 6) is -4.28. The van der Waals surface area contributed by atoms with Gasteiger partial charge < -0.3 is 19.8 Å². The molecule has 0 radical (unpaired) electrons. The van der Waals surface area contributed by atoms with Gasteiger partial charge in [-0.25, -0.2) is 17.6 Å². The Kier molecular flexibility index (Phi) is 9.63. The number of aliphatic hydroxyl groups is 1. The van der Waals surface area contributed by atoms with Gasteiger partial charge in [0.15, 0.2) is 17.5 Å². The molecule has 0 amide bonds. The molecule has 216 valence electrons. The molecular formula is C30H34F4N2O4. The van der Waals surface area contributed by atoms with Crippen LogP contribution in [0, 0.1) is 22.9 Å². The van der Waals surface area contributed by atoms with Crippen molar-refractivity contribution < 1.29 is 37.3 Å². The maximum atomic E-state index is 15.9. The van der Waals surface area contributed by atoms with E-state index in [2.05, 4.69) is 9.88 Å². The van der Waals surface area contributed by atoms with Crippen molar-refractivity contribution in [2.45, 2.75) is 57.7 Å². The van der Waals surface area contributed by atoms with Gasteiger partial charge in [0, 0.05) is 22.7 Å². The lowest BCUT2D eigenvalue weighted by atomic mass is 9.71. The largest absolute Gasteiger partial charge is 0.497 e. The Balaban J connectivity index is 1.40. The Labute approximate surface area is 230 Å². The number of ether oxygens (including phenoxy) is 1. The van der Waals surface area contributed by atoms with Gasteiger partial charge >= 0.3 is 5.97 Å². The van der Waals surface area contributed by atoms with Crippen molar-refractivity contribution in [2.75, 3.05) is 26.7 Å². The SMILES string of the molecule is COc1ccc2ncc(CO)c([C@@H](F)CCC3(CC(=O)O)CCN(CCCc4cc(F)c(F)c(F)c4)CC3)c2c1. The minimum atomic E-state index is -1.48. The number of hydrogen-bond donors (Lipinski definition) is 2. The Hall–Kier alpha value is -3.24. The molecule has 1 saturated heterocycles. The molecular weight excluding hydrogens is 528 g/mol. The van der Waals surface area contributed by atoms with Gasteiger partial charge in [0.2, 0.25) is 0 Å². The quantitative estimate of drug-likeness (QED) is 0.204. The van der Waals surface area contributed by atoms with E-state index in [1.165, 1.54) is 13.3 Å². The van der Waals surface area contributed by atoms with E-state index in [4.69, 9.17) is 4.74 Å². The van der Waals surface area contributed by atoms with Crippen LogP contribution in [-0.4, -0.2) is 52.8 Å². The lowest BCUT2D eigenvalue weighted by Gasteiger charge is -2.41. The Bertz CT molecular complexity index is 1320. The van der Waals surface area contributed by atoms with Crippen LogP contribution < -0.4 is 4.74 Å². The first-order valence-electron chi connectivity index (χ1n) is 13.4. The number of aliphatic hydroxyl groups excluding tert-OH is 1. The normalized spacial score (nSPS) is 16.2. The van der Waals surface area contributed by atoms with Crippen LogP contribution in [0.5, 0.6) is 5.75 Å². The summed E-state index contributed by atoms with van der Waals surface area (Å²) in [4.78, 5) is 18.3. The Morgan fingerprint density at radius 3 is 2.48 bits per heavy atom. The number of carboxylic acids is 1. The first-order valence-corrected chi connectivity index (χ1v) is 13.4. The van der Waals surface area contributed by atoms with E-state index < -0.39 is 35.0 Å². The van der Waals surface area contributed by atoms with Crippen molar-refractivity contribution in [1.82, 2.24) is 9.88 Å². The van der Waals surface area contributed by atoms with Gasteiger partial charge in [-0.3, -0.25) is 9.78 Å². The highest BCUT2D eigenvalue weighted by molar-refractivity contribution is 5.85. The highest BCUT2D eigenvalue weighted by atomic mass is 19.2. The molecule has 0 unspecified atom stereocenters. The number of fused-ring (bicyclic) bond motifs is 1. The number of hydrogen-bond acceptors (Lipinski definition) is 5. The van der Waals surface area contributed by atoms with Gasteiger partial charge in [-0.15, -0.1) is 0 Å². The summed E-state index contributed by atoms with van der Waals surface area (Å²) in [6.45, 7) is 1.50. The molecule has 1 aromatic heterocycles. The van der Waals surface area contributed by atoms with Gasteiger partial charge in [0.05, 0.1) is 25.7 Å². The summed E-state index contributed by atoms with van der Waals surface area (Å²) in [7, 11) is 1.52. The van der Waals surface area contributed by atoms with E-state index in [1.54, 1.807) is 18.2 Å². The Morgan fingerprint density at radius 1 is 1.15 bits per heavy atom. The van der Waals surface area contributed by atoms with Crippen molar-refractivity contribution in [3.8, 4) is 5.75 Å². The second kappa shape index (κ2) is 13.0. The molecule has 1 fully saturated rings. The zero-order valence-corrected chi connectivity index (χ0v) is 22.4. The summed E-state index contributed by atoms with van der Waals surface area (Å²) in [5.41, 5.74) is 1.12. The number of halogens is 4. The molecule has 1 aliphatic rings. The molecule has 0 aliphatic carbocycles. The monoisotopic (exact) mass is 562 g/mol. The van der Waals surface area contributed by atoms with Crippen molar-refractivity contribution in [3.05, 3.63) is 70.7 Å². The zero-order valence-electron chi connectivity index (χ0n) is 22.4. The van der Waals surface area contributed by atoms with Crippen molar-refractivity contribution in [1.29, 1.82) is 0 Å². The number of likely N-dealkylation sites (tertiary alicyclic amines) is 1. The molecule has 0 saturated carbocycles. The zero-order chi connectivity index (χ0) is 28.9. The van der Waals surface area contributed by atoms with Crippen LogP contribution in [0.15, 0.2) is 36.5 Å². The molecule has 1 atom stereocenters. The van der Waals surface area contributed by atoms with Crippen LogP contribution in [0.4, 0.5) is 17.6 Å². The lowest BCUT2D eigenvalue weighted by molar-refractivity contribution is -0.141. The number of aryl methyl sites for hydroxylation is 1. The van der Waals surface area contributed by atoms with Gasteiger partial charge in [0.25, 0.3) is 0 Å². The predicted molar refractivity (Wildman–Crippen MR) is 142 cm³/mol. The fourth-order valence-corrected chi connectivity index (χ4v) is 5.78. The minimum absolute atomic E-state index is 0.0700. The van der Waals surface area contributed by atoms with E-state index in [9.17, 15) is 28.2 Å². The van der Waals surface area contributed by atoms with Gasteiger partial charge in [-0.2, -0.15) is 0 Å². The van der Waals surface area contributed by atoms with Crippen LogP contribution >= 0.6 is 0 Å². The molecule has 0 bridgehead atoms. The van der Waals surface area contributed by atoms with E-state index in [0.29, 0.717) is 85.1 Å². The molecule has 2 aromatic carbocycles. The number of carbonyl (C=O) groups is 1. The average molecular weight is 563 g/mol. The summed E-state index contributed by atoms with van der Waals surface area (Å²) < 4.78 is 61.3. The van der Waals surface area contributed by atoms with Crippen LogP contribution in [0.1, 0.15) is 61.4 Å². The highest BCUT2D eigenvalue weighted by Crippen LogP contribution is 2.43. The van der Waals surface area contributed by atoms with Crippen molar-refractivity contribution in [3.63, 3.8) is 0 Å². The highest BCUT2D eigenvalue weighted by Gasteiger charge is 2.37. The summed E-state index contributed by atoms with van der Waals surface area (Å²) in [5, 5.41) is 20.1. The topological polar surface area (TPSA) is 82.9 Å². The molecule has 4 rings (SSSR count). The number of aliphatic carboxylic acids is 1. The first kappa shape index (κ1) is 29.7. The van der Waals surface area contributed by atoms with E-state index in [1.807, 2.05) is 0 Å². The lowest BCUT2D eigenvalue weighted by Crippen LogP contribution is -2.41. The fraction of sp³-hybridized carbons (Fsp3) is 0.467. The summed E-state index contributed by atoms with van der Waals surface area (Å²) in [6.07, 6.45) is 2.56. The second-order valence-corrected chi connectivity index (χ2v) is 10.6.